The molecule has 1 heterocycles. The number of thiophene rings is 1. The lowest BCUT2D eigenvalue weighted by molar-refractivity contribution is 0.477. The summed E-state index contributed by atoms with van der Waals surface area (Å²) in [5, 5.41) is 3.70. The maximum Gasteiger partial charge on any atom is 0.0659 e. The van der Waals surface area contributed by atoms with Gasteiger partial charge in [0.05, 0.1) is 2.88 Å². The Kier molecular flexibility index (Phi) is 5.86. The van der Waals surface area contributed by atoms with Gasteiger partial charge < -0.3 is 5.32 Å². The molecule has 0 saturated carbocycles. The lowest BCUT2D eigenvalue weighted by Crippen LogP contribution is -2.26. The smallest absolute Gasteiger partial charge is 0.0659 e. The standard InChI is InChI=1S/C13H18INS2/c1-2-7-16-8-6-15-11-4-3-5-12-10(11)9-13(14)17-12/h2,9,11,15H,1,3-8H2. The molecule has 1 atom stereocenters. The number of rotatable bonds is 6. The molecular weight excluding hydrogens is 361 g/mol. The highest BCUT2D eigenvalue weighted by Gasteiger charge is 2.21. The van der Waals surface area contributed by atoms with Gasteiger partial charge in [-0.1, -0.05) is 6.08 Å². The normalized spacial score (nSPS) is 19.0. The predicted octanol–water partition coefficient (Wildman–Crippen LogP) is 4.24. The van der Waals surface area contributed by atoms with E-state index in [2.05, 4.69) is 40.6 Å². The van der Waals surface area contributed by atoms with Gasteiger partial charge in [0.25, 0.3) is 0 Å². The molecule has 2 rings (SSSR count). The summed E-state index contributed by atoms with van der Waals surface area (Å²) in [6, 6.07) is 2.97. The fourth-order valence-corrected chi connectivity index (χ4v) is 4.92. The largest absolute Gasteiger partial charge is 0.309 e. The van der Waals surface area contributed by atoms with Crippen molar-refractivity contribution in [3.63, 3.8) is 0 Å². The van der Waals surface area contributed by atoms with Crippen LogP contribution in [0.1, 0.15) is 29.3 Å². The molecule has 17 heavy (non-hydrogen) atoms. The lowest BCUT2D eigenvalue weighted by Gasteiger charge is -2.23. The molecule has 0 bridgehead atoms. The maximum atomic E-state index is 3.74. The third-order valence-corrected chi connectivity index (χ3v) is 5.89. The molecule has 1 aliphatic carbocycles. The Bertz CT molecular complexity index is 375. The van der Waals surface area contributed by atoms with Crippen molar-refractivity contribution in [2.45, 2.75) is 25.3 Å². The van der Waals surface area contributed by atoms with E-state index in [0.717, 1.165) is 12.3 Å². The Morgan fingerprint density at radius 2 is 2.53 bits per heavy atom. The van der Waals surface area contributed by atoms with Crippen LogP contribution in [0.25, 0.3) is 0 Å². The van der Waals surface area contributed by atoms with E-state index in [-0.39, 0.29) is 0 Å². The minimum Gasteiger partial charge on any atom is -0.309 e. The highest BCUT2D eigenvalue weighted by molar-refractivity contribution is 14.1. The van der Waals surface area contributed by atoms with E-state index in [1.165, 1.54) is 27.9 Å². The van der Waals surface area contributed by atoms with Gasteiger partial charge in [-0.15, -0.1) is 17.9 Å². The summed E-state index contributed by atoms with van der Waals surface area (Å²) < 4.78 is 1.43. The first-order valence-corrected chi connectivity index (χ1v) is 9.06. The maximum absolute atomic E-state index is 3.74. The van der Waals surface area contributed by atoms with Crippen LogP contribution >= 0.6 is 45.7 Å². The van der Waals surface area contributed by atoms with Crippen LogP contribution in [-0.2, 0) is 6.42 Å². The molecule has 0 aromatic carbocycles. The number of aryl methyl sites for hydroxylation is 1. The van der Waals surface area contributed by atoms with Crippen molar-refractivity contribution < 1.29 is 0 Å². The quantitative estimate of drug-likeness (QED) is 0.451. The van der Waals surface area contributed by atoms with E-state index in [0.29, 0.717) is 6.04 Å². The fourth-order valence-electron chi connectivity index (χ4n) is 2.21. The zero-order valence-electron chi connectivity index (χ0n) is 9.88. The molecule has 94 valence electrons. The van der Waals surface area contributed by atoms with Crippen molar-refractivity contribution in [2.24, 2.45) is 0 Å². The first kappa shape index (κ1) is 13.9. The zero-order chi connectivity index (χ0) is 12.1. The van der Waals surface area contributed by atoms with Crippen molar-refractivity contribution >= 4 is 45.7 Å². The monoisotopic (exact) mass is 379 g/mol. The van der Waals surface area contributed by atoms with Gasteiger partial charge >= 0.3 is 0 Å². The molecule has 4 heteroatoms. The fraction of sp³-hybridized carbons (Fsp3) is 0.538. The molecule has 1 aromatic heterocycles. The SMILES string of the molecule is C=CCSCCNC1CCCc2sc(I)cc21. The highest BCUT2D eigenvalue weighted by atomic mass is 127. The number of thioether (sulfide) groups is 1. The summed E-state index contributed by atoms with van der Waals surface area (Å²) in [6.45, 7) is 4.85. The molecule has 1 N–H and O–H groups in total. The van der Waals surface area contributed by atoms with E-state index < -0.39 is 0 Å². The Morgan fingerprint density at radius 3 is 3.35 bits per heavy atom. The third-order valence-electron chi connectivity index (χ3n) is 2.96. The molecule has 1 aliphatic rings. The van der Waals surface area contributed by atoms with E-state index in [4.69, 9.17) is 0 Å². The van der Waals surface area contributed by atoms with Crippen LogP contribution in [0.15, 0.2) is 18.7 Å². The predicted molar refractivity (Wildman–Crippen MR) is 88.2 cm³/mol. The second-order valence-electron chi connectivity index (χ2n) is 4.19. The minimum atomic E-state index is 0.600. The summed E-state index contributed by atoms with van der Waals surface area (Å²) in [4.78, 5) is 1.61. The van der Waals surface area contributed by atoms with E-state index in [1.54, 1.807) is 10.4 Å². The van der Waals surface area contributed by atoms with Crippen LogP contribution < -0.4 is 5.32 Å². The average molecular weight is 379 g/mol. The number of nitrogens with one attached hydrogen (secondary N) is 1. The van der Waals surface area contributed by atoms with E-state index >= 15 is 0 Å². The Morgan fingerprint density at radius 1 is 1.65 bits per heavy atom. The van der Waals surface area contributed by atoms with Crippen molar-refractivity contribution in [3.8, 4) is 0 Å². The van der Waals surface area contributed by atoms with Gasteiger partial charge in [-0.2, -0.15) is 11.8 Å². The highest BCUT2D eigenvalue weighted by Crippen LogP contribution is 2.36. The van der Waals surface area contributed by atoms with Crippen LogP contribution in [0, 0.1) is 2.88 Å². The summed E-state index contributed by atoms with van der Waals surface area (Å²) in [5.74, 6) is 2.24. The zero-order valence-corrected chi connectivity index (χ0v) is 13.7. The van der Waals surface area contributed by atoms with Gasteiger partial charge in [-0.25, -0.2) is 0 Å². The van der Waals surface area contributed by atoms with Crippen molar-refractivity contribution in [2.75, 3.05) is 18.1 Å². The molecular formula is C13H18INS2. The van der Waals surface area contributed by atoms with Crippen molar-refractivity contribution in [1.82, 2.24) is 5.32 Å². The summed E-state index contributed by atoms with van der Waals surface area (Å²) in [5.41, 5.74) is 1.57. The van der Waals surface area contributed by atoms with Gasteiger partial charge in [0, 0.05) is 29.0 Å². The Balaban J connectivity index is 1.83. The van der Waals surface area contributed by atoms with Crippen LogP contribution in [0.2, 0.25) is 0 Å². The summed E-state index contributed by atoms with van der Waals surface area (Å²) >= 11 is 6.36. The van der Waals surface area contributed by atoms with Gasteiger partial charge in [-0.05, 0) is 53.5 Å². The van der Waals surface area contributed by atoms with Gasteiger partial charge in [-0.3, -0.25) is 0 Å². The third kappa shape index (κ3) is 3.98. The topological polar surface area (TPSA) is 12.0 Å². The van der Waals surface area contributed by atoms with Crippen molar-refractivity contribution in [1.29, 1.82) is 0 Å². The first-order chi connectivity index (χ1) is 8.31. The van der Waals surface area contributed by atoms with Crippen LogP contribution in [-0.4, -0.2) is 18.1 Å². The molecule has 0 radical (unpaired) electrons. The molecule has 0 amide bonds. The van der Waals surface area contributed by atoms with Crippen LogP contribution in [0.3, 0.4) is 0 Å². The molecule has 0 aliphatic heterocycles. The number of fused-ring (bicyclic) bond motifs is 1. The summed E-state index contributed by atoms with van der Waals surface area (Å²) in [6.07, 6.45) is 5.89. The van der Waals surface area contributed by atoms with Crippen molar-refractivity contribution in [3.05, 3.63) is 32.0 Å². The Labute approximate surface area is 126 Å². The van der Waals surface area contributed by atoms with Gasteiger partial charge in [0.2, 0.25) is 0 Å². The Hall–Kier alpha value is 0.480. The molecule has 0 saturated heterocycles. The molecule has 1 aromatic rings. The number of hydrogen-bond donors (Lipinski definition) is 1. The minimum absolute atomic E-state index is 0.600. The van der Waals surface area contributed by atoms with E-state index in [1.807, 2.05) is 29.2 Å². The van der Waals surface area contributed by atoms with E-state index in [9.17, 15) is 0 Å². The second-order valence-corrected chi connectivity index (χ2v) is 8.37. The van der Waals surface area contributed by atoms with Crippen LogP contribution in [0.5, 0.6) is 0 Å². The molecule has 0 fully saturated rings. The lowest BCUT2D eigenvalue weighted by atomic mass is 9.94. The summed E-state index contributed by atoms with van der Waals surface area (Å²) in [7, 11) is 0. The average Bonchev–Trinajstić information content (AvgIpc) is 2.70. The van der Waals surface area contributed by atoms with Gasteiger partial charge in [0.1, 0.15) is 0 Å². The second kappa shape index (κ2) is 7.16. The van der Waals surface area contributed by atoms with Gasteiger partial charge in [0.15, 0.2) is 0 Å². The first-order valence-electron chi connectivity index (χ1n) is 6.01. The molecule has 0 spiro atoms. The van der Waals surface area contributed by atoms with Crippen LogP contribution in [0.4, 0.5) is 0 Å². The number of hydrogen-bond acceptors (Lipinski definition) is 3. The number of halogens is 1. The molecule has 1 nitrogen and oxygen atoms in total. The molecule has 1 unspecified atom stereocenters.